The third kappa shape index (κ3) is 6.87. The van der Waals surface area contributed by atoms with E-state index >= 15 is 0 Å². The molecule has 0 bridgehead atoms. The highest BCUT2D eigenvalue weighted by Crippen LogP contribution is 2.43. The number of hydrogen-bond donors (Lipinski definition) is 0. The molecule has 38 heavy (non-hydrogen) atoms. The smallest absolute Gasteiger partial charge is 0.311 e. The molecule has 0 saturated carbocycles. The maximum absolute atomic E-state index is 13.5. The Balaban J connectivity index is 2.02. The molecule has 0 aliphatic carbocycles. The van der Waals surface area contributed by atoms with Gasteiger partial charge >= 0.3 is 24.1 Å². The van der Waals surface area contributed by atoms with Crippen LogP contribution in [0.5, 0.6) is 0 Å². The molecule has 0 saturated heterocycles. The van der Waals surface area contributed by atoms with Crippen LogP contribution in [0.4, 0.5) is 61.5 Å². The van der Waals surface area contributed by atoms with Gasteiger partial charge in [0.15, 0.2) is 0 Å². The number of alkyl halides is 14. The lowest BCUT2D eigenvalue weighted by Gasteiger charge is -2.28. The topological polar surface area (TPSA) is 18.5 Å². The van der Waals surface area contributed by atoms with Gasteiger partial charge in [0, 0.05) is 0 Å². The molecule has 0 fully saturated rings. The number of hydrogen-bond acceptors (Lipinski definition) is 2. The van der Waals surface area contributed by atoms with E-state index < -0.39 is 62.5 Å². The summed E-state index contributed by atoms with van der Waals surface area (Å²) in [6, 6.07) is 9.38. The predicted molar refractivity (Wildman–Crippen MR) is 103 cm³/mol. The van der Waals surface area contributed by atoms with Crippen LogP contribution in [0.15, 0.2) is 48.5 Å². The van der Waals surface area contributed by atoms with E-state index in [0.717, 1.165) is 24.3 Å². The standard InChI is InChI=1S/C22H16F14O2/c23-15(17(25)26)19(29,30)21(33,34)37-9-11-1-5-13(6-2-11)14-7-3-12(4-8-14)10-38-22(35,36)20(31,32)16(24)18(27)28/h1-8,15-18H,9-10H2. The molecule has 16 heteroatoms. The first kappa shape index (κ1) is 31.6. The Hall–Kier alpha value is -2.62. The van der Waals surface area contributed by atoms with Crippen LogP contribution in [0.2, 0.25) is 0 Å². The Morgan fingerprint density at radius 3 is 0.974 bits per heavy atom. The SMILES string of the molecule is FC(F)C(F)C(F)(F)C(F)(F)OCc1ccc(-c2ccc(COC(F)(F)C(F)(F)C(F)C(F)F)cc2)cc1. The van der Waals surface area contributed by atoms with Crippen LogP contribution in [-0.2, 0) is 22.7 Å². The minimum Gasteiger partial charge on any atom is -0.311 e. The Kier molecular flexibility index (Phi) is 9.67. The summed E-state index contributed by atoms with van der Waals surface area (Å²) in [7, 11) is 0. The summed E-state index contributed by atoms with van der Waals surface area (Å²) in [5.74, 6) is -11.6. The Morgan fingerprint density at radius 1 is 0.474 bits per heavy atom. The molecule has 2 atom stereocenters. The minimum absolute atomic E-state index is 0.153. The first-order valence-electron chi connectivity index (χ1n) is 10.2. The van der Waals surface area contributed by atoms with Gasteiger partial charge in [-0.25, -0.2) is 26.3 Å². The first-order chi connectivity index (χ1) is 17.3. The van der Waals surface area contributed by atoms with Crippen molar-refractivity contribution < 1.29 is 70.9 Å². The van der Waals surface area contributed by atoms with Gasteiger partial charge in [-0.3, -0.25) is 0 Å². The number of benzene rings is 2. The highest BCUT2D eigenvalue weighted by molar-refractivity contribution is 5.63. The molecule has 2 nitrogen and oxygen atoms in total. The fraction of sp³-hybridized carbons (Fsp3) is 0.455. The number of halogens is 14. The third-order valence-corrected chi connectivity index (χ3v) is 4.99. The molecule has 0 heterocycles. The van der Waals surface area contributed by atoms with Crippen LogP contribution in [0.25, 0.3) is 11.1 Å². The normalized spacial score (nSPS) is 15.3. The van der Waals surface area contributed by atoms with E-state index in [1.807, 2.05) is 0 Å². The second-order valence-electron chi connectivity index (χ2n) is 7.72. The van der Waals surface area contributed by atoms with Crippen molar-refractivity contribution in [1.29, 1.82) is 0 Å². The summed E-state index contributed by atoms with van der Waals surface area (Å²) >= 11 is 0. The van der Waals surface area contributed by atoms with Gasteiger partial charge in [0.1, 0.15) is 0 Å². The molecular formula is C22H16F14O2. The van der Waals surface area contributed by atoms with E-state index in [9.17, 15) is 61.5 Å². The summed E-state index contributed by atoms with van der Waals surface area (Å²) in [5, 5.41) is 0. The maximum Gasteiger partial charge on any atom is 0.423 e. The molecule has 0 radical (unpaired) electrons. The molecule has 0 spiro atoms. The largest absolute Gasteiger partial charge is 0.423 e. The number of rotatable bonds is 13. The average molecular weight is 578 g/mol. The van der Waals surface area contributed by atoms with Crippen LogP contribution in [0.1, 0.15) is 11.1 Å². The fourth-order valence-electron chi connectivity index (χ4n) is 2.76. The van der Waals surface area contributed by atoms with Crippen molar-refractivity contribution in [2.75, 3.05) is 0 Å². The maximum atomic E-state index is 13.5. The number of ether oxygens (including phenoxy) is 2. The van der Waals surface area contributed by atoms with Crippen molar-refractivity contribution >= 4 is 0 Å². The van der Waals surface area contributed by atoms with Crippen LogP contribution >= 0.6 is 0 Å². The highest BCUT2D eigenvalue weighted by Gasteiger charge is 2.67. The molecular weight excluding hydrogens is 562 g/mol. The van der Waals surface area contributed by atoms with E-state index in [-0.39, 0.29) is 11.1 Å². The van der Waals surface area contributed by atoms with Crippen molar-refractivity contribution in [3.05, 3.63) is 59.7 Å². The lowest BCUT2D eigenvalue weighted by molar-refractivity contribution is -0.373. The highest BCUT2D eigenvalue weighted by atomic mass is 19.3. The van der Waals surface area contributed by atoms with Crippen molar-refractivity contribution in [2.45, 2.75) is 62.5 Å². The molecule has 2 rings (SSSR count). The van der Waals surface area contributed by atoms with Crippen molar-refractivity contribution in [3.63, 3.8) is 0 Å². The third-order valence-electron chi connectivity index (χ3n) is 4.99. The van der Waals surface area contributed by atoms with E-state index in [4.69, 9.17) is 0 Å². The van der Waals surface area contributed by atoms with Gasteiger partial charge in [-0.05, 0) is 22.3 Å². The molecule has 2 aromatic carbocycles. The molecule has 0 aliphatic heterocycles. The van der Waals surface area contributed by atoms with Crippen molar-refractivity contribution in [3.8, 4) is 11.1 Å². The Labute approximate surface area is 205 Å². The second kappa shape index (κ2) is 11.6. The van der Waals surface area contributed by atoms with Crippen molar-refractivity contribution in [2.24, 2.45) is 0 Å². The molecule has 2 unspecified atom stereocenters. The molecule has 0 aromatic heterocycles. The zero-order valence-corrected chi connectivity index (χ0v) is 18.5. The summed E-state index contributed by atoms with van der Waals surface area (Å²) in [6.45, 7) is -2.45. The zero-order chi connectivity index (χ0) is 29.1. The predicted octanol–water partition coefficient (Wildman–Crippen LogP) is 8.05. The summed E-state index contributed by atoms with van der Waals surface area (Å²) in [6.07, 6.45) is -28.9. The monoisotopic (exact) mass is 578 g/mol. The summed E-state index contributed by atoms with van der Waals surface area (Å²) in [4.78, 5) is 0. The fourth-order valence-corrected chi connectivity index (χ4v) is 2.76. The van der Waals surface area contributed by atoms with Crippen molar-refractivity contribution in [1.82, 2.24) is 0 Å². The average Bonchev–Trinajstić information content (AvgIpc) is 2.85. The van der Waals surface area contributed by atoms with Gasteiger partial charge in [-0.2, -0.15) is 35.1 Å². The van der Waals surface area contributed by atoms with E-state index in [1.54, 1.807) is 0 Å². The molecule has 0 amide bonds. The van der Waals surface area contributed by atoms with Gasteiger partial charge in [-0.1, -0.05) is 48.5 Å². The first-order valence-corrected chi connectivity index (χ1v) is 10.2. The second-order valence-corrected chi connectivity index (χ2v) is 7.72. The lowest BCUT2D eigenvalue weighted by atomic mass is 10.0. The molecule has 2 aromatic rings. The van der Waals surface area contributed by atoms with Gasteiger partial charge in [0.05, 0.1) is 13.2 Å². The lowest BCUT2D eigenvalue weighted by Crippen LogP contribution is -2.52. The zero-order valence-electron chi connectivity index (χ0n) is 18.5. The van der Waals surface area contributed by atoms with Crippen LogP contribution < -0.4 is 0 Å². The van der Waals surface area contributed by atoms with E-state index in [2.05, 4.69) is 9.47 Å². The van der Waals surface area contributed by atoms with Gasteiger partial charge in [0.2, 0.25) is 12.3 Å². The van der Waals surface area contributed by atoms with E-state index in [0.29, 0.717) is 11.1 Å². The van der Waals surface area contributed by atoms with Gasteiger partial charge < -0.3 is 9.47 Å². The van der Waals surface area contributed by atoms with Crippen LogP contribution in [-0.4, -0.2) is 49.3 Å². The van der Waals surface area contributed by atoms with Gasteiger partial charge in [-0.15, -0.1) is 0 Å². The minimum atomic E-state index is -5.82. The van der Waals surface area contributed by atoms with Gasteiger partial charge in [0.25, 0.3) is 12.9 Å². The van der Waals surface area contributed by atoms with E-state index in [1.165, 1.54) is 24.3 Å². The molecule has 214 valence electrons. The summed E-state index contributed by atoms with van der Waals surface area (Å²) < 4.78 is 188. The quantitative estimate of drug-likeness (QED) is 0.224. The Bertz CT molecular complexity index is 942. The van der Waals surface area contributed by atoms with Crippen LogP contribution in [0.3, 0.4) is 0 Å². The van der Waals surface area contributed by atoms with Crippen LogP contribution in [0, 0.1) is 0 Å². The summed E-state index contributed by atoms with van der Waals surface area (Å²) in [5.41, 5.74) is 0.349. The Morgan fingerprint density at radius 2 is 0.737 bits per heavy atom. The molecule has 0 N–H and O–H groups in total. The molecule has 0 aliphatic rings.